The van der Waals surface area contributed by atoms with E-state index < -0.39 is 0 Å². The first-order valence-corrected chi connectivity index (χ1v) is 7.51. The summed E-state index contributed by atoms with van der Waals surface area (Å²) < 4.78 is 6.81. The molecule has 2 heterocycles. The average molecular weight is 318 g/mol. The number of rotatable bonds is 7. The van der Waals surface area contributed by atoms with Gasteiger partial charge in [-0.25, -0.2) is 4.99 Å². The van der Waals surface area contributed by atoms with Crippen LogP contribution in [0, 0.1) is 0 Å². The van der Waals surface area contributed by atoms with Crippen molar-refractivity contribution in [2.24, 2.45) is 12.0 Å². The summed E-state index contributed by atoms with van der Waals surface area (Å²) in [7, 11) is 1.88. The Bertz CT molecular complexity index is 632. The number of carbonyl (C=O) groups excluding carboxylic acids is 1. The largest absolute Gasteiger partial charge is 0.459 e. The van der Waals surface area contributed by atoms with Crippen molar-refractivity contribution in [3.8, 4) is 0 Å². The molecule has 23 heavy (non-hydrogen) atoms. The van der Waals surface area contributed by atoms with Crippen LogP contribution in [0.3, 0.4) is 0 Å². The molecule has 1 amide bonds. The van der Waals surface area contributed by atoms with Gasteiger partial charge in [-0.2, -0.15) is 5.10 Å². The first-order valence-electron chi connectivity index (χ1n) is 7.51. The summed E-state index contributed by atoms with van der Waals surface area (Å²) in [5, 5.41) is 13.2. The third kappa shape index (κ3) is 5.17. The SMILES string of the molecule is CCNC(=NCc1ccnn1C)NCCNC(=O)c1ccco1. The van der Waals surface area contributed by atoms with Crippen LogP contribution >= 0.6 is 0 Å². The number of aromatic nitrogens is 2. The number of furan rings is 1. The van der Waals surface area contributed by atoms with E-state index in [9.17, 15) is 4.79 Å². The highest BCUT2D eigenvalue weighted by Gasteiger charge is 2.07. The number of carbonyl (C=O) groups is 1. The predicted octanol–water partition coefficient (Wildman–Crippen LogP) is 0.498. The highest BCUT2D eigenvalue weighted by molar-refractivity contribution is 5.91. The van der Waals surface area contributed by atoms with Crippen LogP contribution in [0.4, 0.5) is 0 Å². The van der Waals surface area contributed by atoms with Gasteiger partial charge in [0.15, 0.2) is 11.7 Å². The number of amides is 1. The molecule has 124 valence electrons. The highest BCUT2D eigenvalue weighted by Crippen LogP contribution is 1.99. The summed E-state index contributed by atoms with van der Waals surface area (Å²) in [5.74, 6) is 0.774. The molecule has 0 atom stereocenters. The van der Waals surface area contributed by atoms with Crippen molar-refractivity contribution in [1.29, 1.82) is 0 Å². The lowest BCUT2D eigenvalue weighted by molar-refractivity contribution is 0.0926. The van der Waals surface area contributed by atoms with Gasteiger partial charge in [-0.3, -0.25) is 9.48 Å². The van der Waals surface area contributed by atoms with Crippen molar-refractivity contribution in [1.82, 2.24) is 25.7 Å². The molecular formula is C15H22N6O2. The number of hydrogen-bond donors (Lipinski definition) is 3. The molecular weight excluding hydrogens is 296 g/mol. The second-order valence-electron chi connectivity index (χ2n) is 4.80. The first-order chi connectivity index (χ1) is 11.2. The van der Waals surface area contributed by atoms with Crippen LogP contribution in [0.5, 0.6) is 0 Å². The highest BCUT2D eigenvalue weighted by atomic mass is 16.3. The summed E-state index contributed by atoms with van der Waals surface area (Å²) in [6, 6.07) is 5.24. The Hall–Kier alpha value is -2.77. The van der Waals surface area contributed by atoms with Gasteiger partial charge in [0.25, 0.3) is 5.91 Å². The van der Waals surface area contributed by atoms with Crippen LogP contribution in [0.15, 0.2) is 40.1 Å². The average Bonchev–Trinajstić information content (AvgIpc) is 3.20. The minimum atomic E-state index is -0.228. The number of nitrogens with one attached hydrogen (secondary N) is 3. The molecule has 0 aliphatic carbocycles. The number of aliphatic imine (C=N–C) groups is 1. The van der Waals surface area contributed by atoms with E-state index in [2.05, 4.69) is 26.0 Å². The fourth-order valence-electron chi connectivity index (χ4n) is 1.91. The number of hydrogen-bond acceptors (Lipinski definition) is 4. The Morgan fingerprint density at radius 1 is 1.30 bits per heavy atom. The third-order valence-corrected chi connectivity index (χ3v) is 3.11. The molecule has 2 aromatic heterocycles. The summed E-state index contributed by atoms with van der Waals surface area (Å²) >= 11 is 0. The molecule has 0 aromatic carbocycles. The van der Waals surface area contributed by atoms with Crippen molar-refractivity contribution in [2.45, 2.75) is 13.5 Å². The molecule has 0 fully saturated rings. The topological polar surface area (TPSA) is 96.5 Å². The molecule has 3 N–H and O–H groups in total. The molecule has 0 spiro atoms. The Morgan fingerprint density at radius 2 is 2.13 bits per heavy atom. The van der Waals surface area contributed by atoms with Crippen LogP contribution in [0.1, 0.15) is 23.2 Å². The smallest absolute Gasteiger partial charge is 0.287 e. The zero-order valence-corrected chi connectivity index (χ0v) is 13.4. The summed E-state index contributed by atoms with van der Waals surface area (Å²) in [6.45, 7) is 4.32. The van der Waals surface area contributed by atoms with E-state index in [1.807, 2.05) is 20.0 Å². The van der Waals surface area contributed by atoms with Crippen molar-refractivity contribution in [3.63, 3.8) is 0 Å². The number of aryl methyl sites for hydroxylation is 1. The number of nitrogens with zero attached hydrogens (tertiary/aromatic N) is 3. The molecule has 8 nitrogen and oxygen atoms in total. The van der Waals surface area contributed by atoms with Gasteiger partial charge in [0.05, 0.1) is 18.5 Å². The Balaban J connectivity index is 1.76. The Kier molecular flexibility index (Phi) is 6.22. The Labute approximate surface area is 135 Å². The third-order valence-electron chi connectivity index (χ3n) is 3.11. The van der Waals surface area contributed by atoms with Crippen LogP contribution in [-0.4, -0.2) is 41.3 Å². The summed E-state index contributed by atoms with van der Waals surface area (Å²) in [5.41, 5.74) is 1.02. The maximum Gasteiger partial charge on any atom is 0.287 e. The Morgan fingerprint density at radius 3 is 2.78 bits per heavy atom. The lowest BCUT2D eigenvalue weighted by atomic mass is 10.4. The maximum atomic E-state index is 11.7. The summed E-state index contributed by atoms with van der Waals surface area (Å²) in [6.07, 6.45) is 3.22. The van der Waals surface area contributed by atoms with Gasteiger partial charge in [0, 0.05) is 32.9 Å². The minimum absolute atomic E-state index is 0.228. The first kappa shape index (κ1) is 16.6. The van der Waals surface area contributed by atoms with E-state index in [1.54, 1.807) is 23.0 Å². The zero-order chi connectivity index (χ0) is 16.5. The lowest BCUT2D eigenvalue weighted by Gasteiger charge is -2.11. The van der Waals surface area contributed by atoms with Gasteiger partial charge >= 0.3 is 0 Å². The second kappa shape index (κ2) is 8.62. The maximum absolute atomic E-state index is 11.7. The normalized spacial score (nSPS) is 11.3. The van der Waals surface area contributed by atoms with E-state index in [1.165, 1.54) is 6.26 Å². The van der Waals surface area contributed by atoms with Gasteiger partial charge in [-0.05, 0) is 25.1 Å². The van der Waals surface area contributed by atoms with Crippen LogP contribution in [0.2, 0.25) is 0 Å². The van der Waals surface area contributed by atoms with Crippen molar-refractivity contribution >= 4 is 11.9 Å². The van der Waals surface area contributed by atoms with Crippen LogP contribution in [0.25, 0.3) is 0 Å². The molecule has 0 radical (unpaired) electrons. The predicted molar refractivity (Wildman–Crippen MR) is 87.1 cm³/mol. The molecule has 2 aromatic rings. The second-order valence-corrected chi connectivity index (χ2v) is 4.80. The van der Waals surface area contributed by atoms with E-state index in [-0.39, 0.29) is 5.91 Å². The molecule has 0 saturated carbocycles. The molecule has 8 heteroatoms. The van der Waals surface area contributed by atoms with Crippen LogP contribution in [-0.2, 0) is 13.6 Å². The standard InChI is InChI=1S/C15H22N6O2/c1-3-16-15(19-11-12-6-7-20-21(12)2)18-9-8-17-14(22)13-5-4-10-23-13/h4-7,10H,3,8-9,11H2,1-2H3,(H,17,22)(H2,16,18,19). The van der Waals surface area contributed by atoms with Crippen molar-refractivity contribution in [2.75, 3.05) is 19.6 Å². The van der Waals surface area contributed by atoms with E-state index in [4.69, 9.17) is 4.42 Å². The van der Waals surface area contributed by atoms with Crippen molar-refractivity contribution < 1.29 is 9.21 Å². The van der Waals surface area contributed by atoms with Crippen molar-refractivity contribution in [3.05, 3.63) is 42.1 Å². The van der Waals surface area contributed by atoms with Gasteiger partial charge in [0.2, 0.25) is 0 Å². The van der Waals surface area contributed by atoms with Gasteiger partial charge < -0.3 is 20.4 Å². The van der Waals surface area contributed by atoms with Crippen LogP contribution < -0.4 is 16.0 Å². The minimum Gasteiger partial charge on any atom is -0.459 e. The molecule has 0 aliphatic heterocycles. The molecule has 0 unspecified atom stereocenters. The number of guanidine groups is 1. The molecule has 0 aliphatic rings. The van der Waals surface area contributed by atoms with Gasteiger partial charge in [0.1, 0.15) is 0 Å². The molecule has 0 saturated heterocycles. The quantitative estimate of drug-likeness (QED) is 0.392. The molecule has 0 bridgehead atoms. The van der Waals surface area contributed by atoms with Gasteiger partial charge in [-0.15, -0.1) is 0 Å². The molecule has 2 rings (SSSR count). The lowest BCUT2D eigenvalue weighted by Crippen LogP contribution is -2.41. The fraction of sp³-hybridized carbons (Fsp3) is 0.400. The van der Waals surface area contributed by atoms with E-state index >= 15 is 0 Å². The van der Waals surface area contributed by atoms with Gasteiger partial charge in [-0.1, -0.05) is 0 Å². The van der Waals surface area contributed by atoms with E-state index in [0.717, 1.165) is 12.2 Å². The summed E-state index contributed by atoms with van der Waals surface area (Å²) in [4.78, 5) is 16.2. The monoisotopic (exact) mass is 318 g/mol. The zero-order valence-electron chi connectivity index (χ0n) is 13.4. The fourth-order valence-corrected chi connectivity index (χ4v) is 1.91. The van der Waals surface area contributed by atoms with E-state index in [0.29, 0.717) is 31.4 Å².